The van der Waals surface area contributed by atoms with Crippen LogP contribution < -0.4 is 15.0 Å². The molecular formula is C31H33N5O2. The van der Waals surface area contributed by atoms with E-state index in [9.17, 15) is 4.79 Å². The first-order chi connectivity index (χ1) is 18.5. The Morgan fingerprint density at radius 3 is 2.21 bits per heavy atom. The Hall–Kier alpha value is -4.39. The molecule has 1 aliphatic rings. The Morgan fingerprint density at radius 2 is 1.55 bits per heavy atom. The zero-order valence-corrected chi connectivity index (χ0v) is 22.1. The molecule has 0 saturated carbocycles. The van der Waals surface area contributed by atoms with Crippen LogP contribution in [0.4, 0.5) is 16.3 Å². The Bertz CT molecular complexity index is 1380. The smallest absolute Gasteiger partial charge is 0.321 e. The van der Waals surface area contributed by atoms with E-state index in [2.05, 4.69) is 72.6 Å². The van der Waals surface area contributed by atoms with E-state index in [0.29, 0.717) is 26.2 Å². The second-order valence-electron chi connectivity index (χ2n) is 9.60. The van der Waals surface area contributed by atoms with Crippen molar-refractivity contribution in [3.63, 3.8) is 0 Å². The number of rotatable bonds is 6. The summed E-state index contributed by atoms with van der Waals surface area (Å²) in [5.41, 5.74) is 6.29. The van der Waals surface area contributed by atoms with Gasteiger partial charge in [-0.05, 0) is 43.7 Å². The molecule has 1 N–H and O–H groups in total. The van der Waals surface area contributed by atoms with Crippen molar-refractivity contribution < 1.29 is 9.53 Å². The summed E-state index contributed by atoms with van der Waals surface area (Å²) in [6.07, 6.45) is 0.758. The first kappa shape index (κ1) is 25.3. The molecule has 7 nitrogen and oxygen atoms in total. The fourth-order valence-corrected chi connectivity index (χ4v) is 4.68. The predicted octanol–water partition coefficient (Wildman–Crippen LogP) is 5.71. The average Bonchev–Trinajstić information content (AvgIpc) is 2.95. The second-order valence-corrected chi connectivity index (χ2v) is 9.60. The number of carbonyl (C=O) groups is 1. The molecule has 2 heterocycles. The number of nitrogens with zero attached hydrogens (tertiary/aromatic N) is 4. The number of aryl methyl sites for hydroxylation is 2. The van der Waals surface area contributed by atoms with Gasteiger partial charge in [0.25, 0.3) is 0 Å². The minimum atomic E-state index is -0.0986. The normalized spacial score (nSPS) is 13.3. The minimum Gasteiger partial charge on any atom is -0.497 e. The van der Waals surface area contributed by atoms with Gasteiger partial charge in [0.2, 0.25) is 0 Å². The summed E-state index contributed by atoms with van der Waals surface area (Å²) < 4.78 is 5.20. The lowest BCUT2D eigenvalue weighted by Gasteiger charge is -2.36. The van der Waals surface area contributed by atoms with Crippen LogP contribution in [0.2, 0.25) is 0 Å². The molecule has 3 aromatic carbocycles. The molecule has 38 heavy (non-hydrogen) atoms. The molecule has 1 saturated heterocycles. The van der Waals surface area contributed by atoms with Gasteiger partial charge >= 0.3 is 6.03 Å². The van der Waals surface area contributed by atoms with Crippen molar-refractivity contribution in [1.82, 2.24) is 14.9 Å². The highest BCUT2D eigenvalue weighted by molar-refractivity contribution is 5.89. The van der Waals surface area contributed by atoms with E-state index in [-0.39, 0.29) is 6.03 Å². The summed E-state index contributed by atoms with van der Waals surface area (Å²) in [7, 11) is 1.63. The topological polar surface area (TPSA) is 70.6 Å². The van der Waals surface area contributed by atoms with Crippen LogP contribution in [0.5, 0.6) is 5.75 Å². The zero-order chi connectivity index (χ0) is 26.5. The molecule has 0 atom stereocenters. The first-order valence-corrected chi connectivity index (χ1v) is 12.9. The van der Waals surface area contributed by atoms with Crippen molar-refractivity contribution >= 4 is 17.5 Å². The van der Waals surface area contributed by atoms with E-state index in [1.54, 1.807) is 7.11 Å². The Balaban J connectivity index is 1.36. The molecule has 1 aromatic heterocycles. The molecular weight excluding hydrogens is 474 g/mol. The highest BCUT2D eigenvalue weighted by Crippen LogP contribution is 2.28. The zero-order valence-electron chi connectivity index (χ0n) is 22.1. The molecule has 7 heteroatoms. The van der Waals surface area contributed by atoms with Gasteiger partial charge in [0.05, 0.1) is 7.11 Å². The molecule has 0 bridgehead atoms. The molecule has 5 rings (SSSR count). The number of nitrogens with one attached hydrogen (secondary N) is 1. The minimum absolute atomic E-state index is 0.0986. The molecule has 0 radical (unpaired) electrons. The number of piperazine rings is 1. The number of amides is 2. The van der Waals surface area contributed by atoms with Crippen molar-refractivity contribution in [2.75, 3.05) is 43.5 Å². The van der Waals surface area contributed by atoms with Crippen molar-refractivity contribution in [3.05, 3.63) is 101 Å². The predicted molar refractivity (Wildman–Crippen MR) is 152 cm³/mol. The van der Waals surface area contributed by atoms with E-state index >= 15 is 0 Å². The molecule has 4 aromatic rings. The van der Waals surface area contributed by atoms with Gasteiger partial charge in [-0.3, -0.25) is 0 Å². The van der Waals surface area contributed by atoms with Crippen LogP contribution in [-0.2, 0) is 6.42 Å². The average molecular weight is 508 g/mol. The van der Waals surface area contributed by atoms with Crippen LogP contribution in [0.1, 0.15) is 22.4 Å². The molecule has 194 valence electrons. The third kappa shape index (κ3) is 5.78. The van der Waals surface area contributed by atoms with Crippen molar-refractivity contribution in [3.8, 4) is 17.1 Å². The first-order valence-electron chi connectivity index (χ1n) is 12.9. The number of urea groups is 1. The van der Waals surface area contributed by atoms with Gasteiger partial charge < -0.3 is 19.9 Å². The van der Waals surface area contributed by atoms with Crippen LogP contribution in [0, 0.1) is 13.8 Å². The van der Waals surface area contributed by atoms with Crippen LogP contribution in [-0.4, -0.2) is 54.2 Å². The Morgan fingerprint density at radius 1 is 0.868 bits per heavy atom. The fraction of sp³-hybridized carbons (Fsp3) is 0.258. The standard InChI is InChI=1S/C31H33N5O2/c1-22-9-11-25(12-10-22)29-32-23(2)28(21-24-7-5-4-6-8-24)30(34-29)35-17-19-36(20-18-35)31(37)33-26-13-15-27(38-3)16-14-26/h4-16H,17-21H2,1-3H3,(H,33,37). The second kappa shape index (κ2) is 11.3. The molecule has 1 aliphatic heterocycles. The van der Waals surface area contributed by atoms with Crippen molar-refractivity contribution in [2.24, 2.45) is 0 Å². The molecule has 0 aliphatic carbocycles. The summed E-state index contributed by atoms with van der Waals surface area (Å²) in [5, 5.41) is 2.99. The number of anilines is 2. The third-order valence-electron chi connectivity index (χ3n) is 6.93. The lowest BCUT2D eigenvalue weighted by molar-refractivity contribution is 0.208. The van der Waals surface area contributed by atoms with E-state index in [1.165, 1.54) is 11.1 Å². The van der Waals surface area contributed by atoms with Gasteiger partial charge in [0.1, 0.15) is 11.6 Å². The summed E-state index contributed by atoms with van der Waals surface area (Å²) in [4.78, 5) is 27.1. The number of benzene rings is 3. The van der Waals surface area contributed by atoms with E-state index in [1.807, 2.05) is 35.2 Å². The highest BCUT2D eigenvalue weighted by atomic mass is 16.5. The van der Waals surface area contributed by atoms with E-state index < -0.39 is 0 Å². The summed E-state index contributed by atoms with van der Waals surface area (Å²) in [6, 6.07) is 26.0. The number of aromatic nitrogens is 2. The lowest BCUT2D eigenvalue weighted by Crippen LogP contribution is -2.50. The number of ether oxygens (including phenoxy) is 1. The third-order valence-corrected chi connectivity index (χ3v) is 6.93. The van der Waals surface area contributed by atoms with Crippen LogP contribution in [0.15, 0.2) is 78.9 Å². The van der Waals surface area contributed by atoms with E-state index in [4.69, 9.17) is 14.7 Å². The lowest BCUT2D eigenvalue weighted by atomic mass is 10.0. The van der Waals surface area contributed by atoms with Crippen LogP contribution in [0.25, 0.3) is 11.4 Å². The number of hydrogen-bond acceptors (Lipinski definition) is 5. The van der Waals surface area contributed by atoms with Crippen molar-refractivity contribution in [1.29, 1.82) is 0 Å². The van der Waals surface area contributed by atoms with Crippen LogP contribution >= 0.6 is 0 Å². The molecule has 0 spiro atoms. The summed E-state index contributed by atoms with van der Waals surface area (Å²) in [5.74, 6) is 2.44. The van der Waals surface area contributed by atoms with Crippen LogP contribution in [0.3, 0.4) is 0 Å². The van der Waals surface area contributed by atoms with Gasteiger partial charge in [0.15, 0.2) is 5.82 Å². The van der Waals surface area contributed by atoms with Gasteiger partial charge in [-0.1, -0.05) is 60.2 Å². The Labute approximate surface area is 224 Å². The van der Waals surface area contributed by atoms with E-state index in [0.717, 1.165) is 46.3 Å². The highest BCUT2D eigenvalue weighted by Gasteiger charge is 2.25. The molecule has 0 unspecified atom stereocenters. The van der Waals surface area contributed by atoms with Gasteiger partial charge in [-0.25, -0.2) is 14.8 Å². The largest absolute Gasteiger partial charge is 0.497 e. The maximum atomic E-state index is 12.9. The van der Waals surface area contributed by atoms with Gasteiger partial charge in [-0.15, -0.1) is 0 Å². The Kier molecular flexibility index (Phi) is 7.54. The molecule has 2 amide bonds. The molecule has 1 fully saturated rings. The summed E-state index contributed by atoms with van der Waals surface area (Å²) in [6.45, 7) is 6.75. The van der Waals surface area contributed by atoms with Gasteiger partial charge in [-0.2, -0.15) is 0 Å². The quantitative estimate of drug-likeness (QED) is 0.362. The maximum Gasteiger partial charge on any atom is 0.321 e. The van der Waals surface area contributed by atoms with Crippen molar-refractivity contribution in [2.45, 2.75) is 20.3 Å². The van der Waals surface area contributed by atoms with Gasteiger partial charge in [0, 0.05) is 55.1 Å². The maximum absolute atomic E-state index is 12.9. The number of carbonyl (C=O) groups excluding carboxylic acids is 1. The fourth-order valence-electron chi connectivity index (χ4n) is 4.68. The summed E-state index contributed by atoms with van der Waals surface area (Å²) >= 11 is 0. The monoisotopic (exact) mass is 507 g/mol. The number of methoxy groups -OCH3 is 1. The SMILES string of the molecule is COc1ccc(NC(=O)N2CCN(c3nc(-c4ccc(C)cc4)nc(C)c3Cc3ccccc3)CC2)cc1. The number of hydrogen-bond donors (Lipinski definition) is 1.